The van der Waals surface area contributed by atoms with Crippen LogP contribution in [0.3, 0.4) is 0 Å². The van der Waals surface area contributed by atoms with E-state index < -0.39 is 29.1 Å². The zero-order chi connectivity index (χ0) is 23.2. The lowest BCUT2D eigenvalue weighted by atomic mass is 10.1. The summed E-state index contributed by atoms with van der Waals surface area (Å²) in [5, 5.41) is 11.7. The van der Waals surface area contributed by atoms with Crippen molar-refractivity contribution >= 4 is 46.6 Å². The van der Waals surface area contributed by atoms with Crippen LogP contribution in [-0.2, 0) is 28.0 Å². The van der Waals surface area contributed by atoms with Gasteiger partial charge in [-0.05, 0) is 30.7 Å². The number of rotatable bonds is 2. The summed E-state index contributed by atoms with van der Waals surface area (Å²) >= 11 is -0.302. The average molecular weight is 481 g/mol. The number of thioether (sulfide) groups is 1. The summed E-state index contributed by atoms with van der Waals surface area (Å²) in [6.07, 6.45) is 1.62. The molecule has 1 fully saturated rings. The van der Waals surface area contributed by atoms with Crippen molar-refractivity contribution in [1.82, 2.24) is 14.2 Å². The first-order valence-corrected chi connectivity index (χ1v) is 11.9. The third kappa shape index (κ3) is 4.22. The molecule has 0 spiro atoms. The van der Waals surface area contributed by atoms with E-state index in [2.05, 4.69) is 10.0 Å². The molecule has 3 N–H and O–H groups in total. The molecule has 1 saturated heterocycles. The van der Waals surface area contributed by atoms with Gasteiger partial charge in [0.15, 0.2) is 0 Å². The Balaban J connectivity index is 1.58. The number of carbonyl (C=O) groups is 3. The topological polar surface area (TPSA) is 127 Å². The number of amides is 2. The highest BCUT2D eigenvalue weighted by atomic mass is 32.2. The molecular weight excluding hydrogens is 459 g/mol. The van der Waals surface area contributed by atoms with Crippen molar-refractivity contribution in [2.45, 2.75) is 22.8 Å². The lowest BCUT2D eigenvalue weighted by Gasteiger charge is -2.23. The molecule has 0 bridgehead atoms. The van der Waals surface area contributed by atoms with Crippen LogP contribution in [0.25, 0.3) is 0 Å². The summed E-state index contributed by atoms with van der Waals surface area (Å²) in [5.74, 6) is -2.92. The lowest BCUT2D eigenvalue weighted by Crippen LogP contribution is -2.43. The van der Waals surface area contributed by atoms with Crippen molar-refractivity contribution < 1.29 is 28.4 Å². The molecule has 2 aliphatic rings. The number of hydrogen-bond acceptors (Lipinski definition) is 6. The van der Waals surface area contributed by atoms with E-state index in [1.807, 2.05) is 0 Å². The van der Waals surface area contributed by atoms with Crippen molar-refractivity contribution in [3.8, 4) is 0 Å². The summed E-state index contributed by atoms with van der Waals surface area (Å²) in [6.45, 7) is 1.98. The van der Waals surface area contributed by atoms with Crippen LogP contribution in [0.5, 0.6) is 0 Å². The molecule has 3 unspecified atom stereocenters. The Bertz CT molecular complexity index is 1110. The van der Waals surface area contributed by atoms with E-state index in [1.165, 1.54) is 34.9 Å². The SMILES string of the molecule is Cc1cc(NC(=O)c2c3c(cn2C)[S+]([O-])NC2CN(C(=O)C(=O)O)CC2CS3)ccc1F. The summed E-state index contributed by atoms with van der Waals surface area (Å²) in [6, 6.07) is 3.96. The Morgan fingerprint density at radius 2 is 2.09 bits per heavy atom. The second kappa shape index (κ2) is 8.77. The Labute approximate surface area is 190 Å². The molecule has 0 saturated carbocycles. The maximum absolute atomic E-state index is 13.5. The monoisotopic (exact) mass is 480 g/mol. The van der Waals surface area contributed by atoms with Gasteiger partial charge < -0.3 is 24.4 Å². The third-order valence-corrected chi connectivity index (χ3v) is 8.20. The molecule has 3 heterocycles. The number of hydrogen-bond donors (Lipinski definition) is 3. The van der Waals surface area contributed by atoms with Crippen LogP contribution in [0.1, 0.15) is 16.1 Å². The van der Waals surface area contributed by atoms with Gasteiger partial charge in [-0.1, -0.05) is 0 Å². The van der Waals surface area contributed by atoms with Crippen LogP contribution in [0, 0.1) is 18.7 Å². The molecule has 2 amide bonds. The van der Waals surface area contributed by atoms with Gasteiger partial charge in [0.25, 0.3) is 5.91 Å². The minimum Gasteiger partial charge on any atom is -0.593 e. The molecule has 170 valence electrons. The standard InChI is InChI=1S/C20H21FN4O5S2/c1-10-5-12(3-4-13(10)21)22-18(26)16-17-15(8-24(16)2)32(30)23-14-7-25(19(27)20(28)29)6-11(14)9-31-17/h3-5,8,11,14,23H,6-7,9H2,1-2H3,(H,22,26)(H,28,29). The zero-order valence-electron chi connectivity index (χ0n) is 17.3. The summed E-state index contributed by atoms with van der Waals surface area (Å²) in [5.41, 5.74) is 1.16. The molecule has 2 aromatic rings. The number of aliphatic carboxylic acids is 1. The Kier molecular flexibility index (Phi) is 6.21. The van der Waals surface area contributed by atoms with E-state index in [-0.39, 0.29) is 30.9 Å². The second-order valence-corrected chi connectivity index (χ2v) is 10.0. The highest BCUT2D eigenvalue weighted by Crippen LogP contribution is 2.37. The smallest absolute Gasteiger partial charge is 0.394 e. The van der Waals surface area contributed by atoms with Gasteiger partial charge in [-0.25, -0.2) is 9.18 Å². The van der Waals surface area contributed by atoms with Crippen molar-refractivity contribution in [1.29, 1.82) is 0 Å². The molecule has 1 aromatic heterocycles. The van der Waals surface area contributed by atoms with Crippen molar-refractivity contribution in [2.75, 3.05) is 24.2 Å². The number of carbonyl (C=O) groups excluding carboxylic acids is 2. The van der Waals surface area contributed by atoms with Crippen molar-refractivity contribution in [2.24, 2.45) is 13.0 Å². The number of aromatic nitrogens is 1. The quantitative estimate of drug-likeness (QED) is 0.438. The zero-order valence-corrected chi connectivity index (χ0v) is 18.9. The van der Waals surface area contributed by atoms with E-state index in [4.69, 9.17) is 5.11 Å². The predicted octanol–water partition coefficient (Wildman–Crippen LogP) is 1.35. The summed E-state index contributed by atoms with van der Waals surface area (Å²) in [7, 11) is 1.68. The van der Waals surface area contributed by atoms with Gasteiger partial charge in [-0.3, -0.25) is 9.59 Å². The second-order valence-electron chi connectivity index (χ2n) is 7.78. The molecule has 3 atom stereocenters. The van der Waals surface area contributed by atoms with E-state index >= 15 is 0 Å². The van der Waals surface area contributed by atoms with Crippen molar-refractivity contribution in [3.05, 3.63) is 41.5 Å². The van der Waals surface area contributed by atoms with Crippen LogP contribution in [0.15, 0.2) is 34.2 Å². The number of nitrogens with zero attached hydrogens (tertiary/aromatic N) is 2. The van der Waals surface area contributed by atoms with E-state index in [1.54, 1.807) is 24.7 Å². The van der Waals surface area contributed by atoms with E-state index in [0.717, 1.165) is 0 Å². The number of benzene rings is 1. The number of halogens is 1. The number of carboxylic acid groups (broad SMARTS) is 1. The van der Waals surface area contributed by atoms with Gasteiger partial charge in [0.1, 0.15) is 11.5 Å². The Hall–Kier alpha value is -2.54. The minimum absolute atomic E-state index is 0.128. The first kappa shape index (κ1) is 22.6. The average Bonchev–Trinajstić information content (AvgIpc) is 3.27. The van der Waals surface area contributed by atoms with Gasteiger partial charge in [0.2, 0.25) is 4.90 Å². The maximum Gasteiger partial charge on any atom is 0.394 e. The van der Waals surface area contributed by atoms with Gasteiger partial charge in [0, 0.05) is 37.5 Å². The molecule has 1 aromatic carbocycles. The molecular formula is C20H21FN4O5S2. The fourth-order valence-corrected chi connectivity index (χ4v) is 6.77. The fraction of sp³-hybridized carbons (Fsp3) is 0.350. The number of nitrogens with one attached hydrogen (secondary N) is 2. The molecule has 0 radical (unpaired) electrons. The van der Waals surface area contributed by atoms with Crippen LogP contribution in [0.2, 0.25) is 0 Å². The molecule has 32 heavy (non-hydrogen) atoms. The number of fused-ring (bicyclic) bond motifs is 2. The Morgan fingerprint density at radius 3 is 2.78 bits per heavy atom. The van der Waals surface area contributed by atoms with Gasteiger partial charge in [-0.15, -0.1) is 16.5 Å². The van der Waals surface area contributed by atoms with E-state index in [0.29, 0.717) is 32.5 Å². The summed E-state index contributed by atoms with van der Waals surface area (Å²) < 4.78 is 31.1. The fourth-order valence-electron chi connectivity index (χ4n) is 3.89. The minimum atomic E-state index is -1.66. The van der Waals surface area contributed by atoms with E-state index in [9.17, 15) is 23.3 Å². The van der Waals surface area contributed by atoms with Gasteiger partial charge >= 0.3 is 11.9 Å². The lowest BCUT2D eigenvalue weighted by molar-refractivity contribution is -0.155. The third-order valence-electron chi connectivity index (χ3n) is 5.54. The van der Waals surface area contributed by atoms with Crippen LogP contribution >= 0.6 is 11.8 Å². The van der Waals surface area contributed by atoms with Gasteiger partial charge in [-0.2, -0.15) is 0 Å². The van der Waals surface area contributed by atoms with Crippen LogP contribution in [-0.4, -0.2) is 61.8 Å². The van der Waals surface area contributed by atoms with Crippen LogP contribution < -0.4 is 10.0 Å². The molecule has 2 aliphatic heterocycles. The number of likely N-dealkylation sites (tertiary alicyclic amines) is 1. The number of anilines is 1. The highest BCUT2D eigenvalue weighted by Gasteiger charge is 2.43. The largest absolute Gasteiger partial charge is 0.593 e. The molecule has 4 rings (SSSR count). The first-order chi connectivity index (χ1) is 15.2. The van der Waals surface area contributed by atoms with Crippen LogP contribution in [0.4, 0.5) is 10.1 Å². The summed E-state index contributed by atoms with van der Waals surface area (Å²) in [4.78, 5) is 38.2. The Morgan fingerprint density at radius 1 is 1.34 bits per heavy atom. The number of carboxylic acids is 1. The maximum atomic E-state index is 13.5. The predicted molar refractivity (Wildman–Crippen MR) is 116 cm³/mol. The first-order valence-electron chi connectivity index (χ1n) is 9.75. The van der Waals surface area contributed by atoms with Gasteiger partial charge in [0.05, 0.1) is 28.5 Å². The normalized spacial score (nSPS) is 22.5. The van der Waals surface area contributed by atoms with Crippen molar-refractivity contribution in [3.63, 3.8) is 0 Å². The molecule has 9 nitrogen and oxygen atoms in total. The molecule has 12 heteroatoms. The number of aryl methyl sites for hydroxylation is 2. The molecule has 0 aliphatic carbocycles. The highest BCUT2D eigenvalue weighted by molar-refractivity contribution is 8.00.